The number of hydrogen-bond acceptors (Lipinski definition) is 1. The molecule has 0 saturated heterocycles. The van der Waals surface area contributed by atoms with Crippen LogP contribution in [0.5, 0.6) is 0 Å². The third-order valence-corrected chi connectivity index (χ3v) is 3.15. The van der Waals surface area contributed by atoms with Crippen LogP contribution in [-0.2, 0) is 0 Å². The highest BCUT2D eigenvalue weighted by Crippen LogP contribution is 2.21. The monoisotopic (exact) mass is 257 g/mol. The van der Waals surface area contributed by atoms with E-state index in [1.54, 1.807) is 6.92 Å². The SMILES string of the molecule is Cc1cc(F)ccc1C(=O)Nc1c(C)cccc1C. The number of carbonyl (C=O) groups excluding carboxylic acids is 1. The number of halogens is 1. The largest absolute Gasteiger partial charge is 0.321 e. The van der Waals surface area contributed by atoms with Crippen LogP contribution in [0.3, 0.4) is 0 Å². The summed E-state index contributed by atoms with van der Waals surface area (Å²) in [5.74, 6) is -0.545. The molecule has 19 heavy (non-hydrogen) atoms. The Morgan fingerprint density at radius 2 is 1.63 bits per heavy atom. The van der Waals surface area contributed by atoms with Crippen molar-refractivity contribution in [1.82, 2.24) is 0 Å². The van der Waals surface area contributed by atoms with Crippen LogP contribution in [0.4, 0.5) is 10.1 Å². The van der Waals surface area contributed by atoms with Crippen molar-refractivity contribution < 1.29 is 9.18 Å². The second-order valence-corrected chi connectivity index (χ2v) is 4.68. The van der Waals surface area contributed by atoms with Crippen molar-refractivity contribution in [2.75, 3.05) is 5.32 Å². The molecule has 98 valence electrons. The summed E-state index contributed by atoms with van der Waals surface area (Å²) in [6.45, 7) is 5.61. The fraction of sp³-hybridized carbons (Fsp3) is 0.188. The topological polar surface area (TPSA) is 29.1 Å². The summed E-state index contributed by atoms with van der Waals surface area (Å²) in [5.41, 5.74) is 3.95. The van der Waals surface area contributed by atoms with Gasteiger partial charge in [-0.25, -0.2) is 4.39 Å². The summed E-state index contributed by atoms with van der Waals surface area (Å²) in [4.78, 5) is 12.2. The number of para-hydroxylation sites is 1. The second-order valence-electron chi connectivity index (χ2n) is 4.68. The lowest BCUT2D eigenvalue weighted by Gasteiger charge is -2.12. The predicted molar refractivity (Wildman–Crippen MR) is 75.0 cm³/mol. The van der Waals surface area contributed by atoms with E-state index in [9.17, 15) is 9.18 Å². The molecule has 0 radical (unpaired) electrons. The summed E-state index contributed by atoms with van der Waals surface area (Å²) >= 11 is 0. The van der Waals surface area contributed by atoms with Crippen molar-refractivity contribution in [2.45, 2.75) is 20.8 Å². The van der Waals surface area contributed by atoms with E-state index in [2.05, 4.69) is 5.32 Å². The molecular weight excluding hydrogens is 241 g/mol. The Bertz CT molecular complexity index is 614. The van der Waals surface area contributed by atoms with Gasteiger partial charge in [0.25, 0.3) is 5.91 Å². The number of hydrogen-bond donors (Lipinski definition) is 1. The van der Waals surface area contributed by atoms with Crippen molar-refractivity contribution in [2.24, 2.45) is 0 Å². The molecule has 0 saturated carbocycles. The minimum atomic E-state index is -0.332. The van der Waals surface area contributed by atoms with Gasteiger partial charge in [-0.05, 0) is 55.7 Å². The quantitative estimate of drug-likeness (QED) is 0.865. The smallest absolute Gasteiger partial charge is 0.255 e. The van der Waals surface area contributed by atoms with Crippen LogP contribution in [0.15, 0.2) is 36.4 Å². The van der Waals surface area contributed by atoms with Crippen molar-refractivity contribution in [3.63, 3.8) is 0 Å². The van der Waals surface area contributed by atoms with Gasteiger partial charge in [-0.2, -0.15) is 0 Å². The number of benzene rings is 2. The zero-order valence-corrected chi connectivity index (χ0v) is 11.3. The lowest BCUT2D eigenvalue weighted by Crippen LogP contribution is -2.15. The number of aryl methyl sites for hydroxylation is 3. The second kappa shape index (κ2) is 5.22. The molecule has 2 aromatic carbocycles. The maximum atomic E-state index is 13.0. The molecule has 0 spiro atoms. The van der Waals surface area contributed by atoms with Crippen molar-refractivity contribution >= 4 is 11.6 Å². The molecule has 0 aliphatic heterocycles. The Hall–Kier alpha value is -2.16. The fourth-order valence-electron chi connectivity index (χ4n) is 2.07. The van der Waals surface area contributed by atoms with Gasteiger partial charge in [0.05, 0.1) is 0 Å². The van der Waals surface area contributed by atoms with Crippen LogP contribution in [0.2, 0.25) is 0 Å². The fourth-order valence-corrected chi connectivity index (χ4v) is 2.07. The zero-order chi connectivity index (χ0) is 14.0. The van der Waals surface area contributed by atoms with Gasteiger partial charge in [0.15, 0.2) is 0 Å². The Kier molecular flexibility index (Phi) is 3.65. The lowest BCUT2D eigenvalue weighted by atomic mass is 10.1. The highest BCUT2D eigenvalue weighted by atomic mass is 19.1. The van der Waals surface area contributed by atoms with Crippen LogP contribution >= 0.6 is 0 Å². The van der Waals surface area contributed by atoms with E-state index in [0.29, 0.717) is 11.1 Å². The molecule has 1 N–H and O–H groups in total. The summed E-state index contributed by atoms with van der Waals surface area (Å²) in [5, 5.41) is 2.89. The molecule has 0 fully saturated rings. The lowest BCUT2D eigenvalue weighted by molar-refractivity contribution is 0.102. The van der Waals surface area contributed by atoms with Gasteiger partial charge < -0.3 is 5.32 Å². The Morgan fingerprint density at radius 3 is 2.21 bits per heavy atom. The number of nitrogens with one attached hydrogen (secondary N) is 1. The number of carbonyl (C=O) groups is 1. The van der Waals surface area contributed by atoms with Crippen LogP contribution in [0.1, 0.15) is 27.0 Å². The van der Waals surface area contributed by atoms with E-state index in [0.717, 1.165) is 16.8 Å². The third-order valence-electron chi connectivity index (χ3n) is 3.15. The average Bonchev–Trinajstić information content (AvgIpc) is 2.33. The molecule has 2 rings (SSSR count). The van der Waals surface area contributed by atoms with Gasteiger partial charge in [-0.1, -0.05) is 18.2 Å². The molecule has 0 heterocycles. The standard InChI is InChI=1S/C16H16FNO/c1-10-5-4-6-11(2)15(10)18-16(19)14-8-7-13(17)9-12(14)3/h4-9H,1-3H3,(H,18,19). The van der Waals surface area contributed by atoms with Gasteiger partial charge in [0.1, 0.15) is 5.82 Å². The summed E-state index contributed by atoms with van der Waals surface area (Å²) in [6.07, 6.45) is 0. The minimum absolute atomic E-state index is 0.213. The Labute approximate surface area is 112 Å². The van der Waals surface area contributed by atoms with E-state index in [1.165, 1.54) is 18.2 Å². The number of anilines is 1. The van der Waals surface area contributed by atoms with E-state index in [-0.39, 0.29) is 11.7 Å². The summed E-state index contributed by atoms with van der Waals surface area (Å²) in [6, 6.07) is 10.0. The normalized spacial score (nSPS) is 10.3. The highest BCUT2D eigenvalue weighted by molar-refractivity contribution is 6.06. The predicted octanol–water partition coefficient (Wildman–Crippen LogP) is 4.00. The molecular formula is C16H16FNO. The molecule has 0 bridgehead atoms. The molecule has 0 unspecified atom stereocenters. The van der Waals surface area contributed by atoms with Crippen LogP contribution in [0, 0.1) is 26.6 Å². The maximum Gasteiger partial charge on any atom is 0.255 e. The van der Waals surface area contributed by atoms with E-state index in [1.807, 2.05) is 32.0 Å². The first-order valence-electron chi connectivity index (χ1n) is 6.13. The van der Waals surface area contributed by atoms with Gasteiger partial charge in [0.2, 0.25) is 0 Å². The van der Waals surface area contributed by atoms with Crippen LogP contribution in [0.25, 0.3) is 0 Å². The Morgan fingerprint density at radius 1 is 1.00 bits per heavy atom. The van der Waals surface area contributed by atoms with Gasteiger partial charge in [0, 0.05) is 11.3 Å². The molecule has 2 nitrogen and oxygen atoms in total. The molecule has 3 heteroatoms. The molecule has 0 aliphatic rings. The Balaban J connectivity index is 2.31. The first kappa shape index (κ1) is 13.3. The zero-order valence-electron chi connectivity index (χ0n) is 11.3. The molecule has 0 aromatic heterocycles. The van der Waals surface area contributed by atoms with Crippen LogP contribution < -0.4 is 5.32 Å². The van der Waals surface area contributed by atoms with E-state index in [4.69, 9.17) is 0 Å². The number of rotatable bonds is 2. The van der Waals surface area contributed by atoms with Gasteiger partial charge >= 0.3 is 0 Å². The maximum absolute atomic E-state index is 13.0. The highest BCUT2D eigenvalue weighted by Gasteiger charge is 2.12. The van der Waals surface area contributed by atoms with Crippen molar-refractivity contribution in [3.05, 3.63) is 64.5 Å². The van der Waals surface area contributed by atoms with E-state index < -0.39 is 0 Å². The van der Waals surface area contributed by atoms with Crippen LogP contribution in [-0.4, -0.2) is 5.91 Å². The number of amides is 1. The molecule has 0 atom stereocenters. The molecule has 2 aromatic rings. The summed E-state index contributed by atoms with van der Waals surface area (Å²) in [7, 11) is 0. The minimum Gasteiger partial charge on any atom is -0.321 e. The average molecular weight is 257 g/mol. The van der Waals surface area contributed by atoms with Gasteiger partial charge in [-0.3, -0.25) is 4.79 Å². The first-order chi connectivity index (χ1) is 8.99. The molecule has 0 aliphatic carbocycles. The molecule has 1 amide bonds. The summed E-state index contributed by atoms with van der Waals surface area (Å²) < 4.78 is 13.0. The van der Waals surface area contributed by atoms with E-state index >= 15 is 0 Å². The van der Waals surface area contributed by atoms with Crippen molar-refractivity contribution in [1.29, 1.82) is 0 Å². The third kappa shape index (κ3) is 2.81. The van der Waals surface area contributed by atoms with Crippen molar-refractivity contribution in [3.8, 4) is 0 Å². The first-order valence-corrected chi connectivity index (χ1v) is 6.13. The van der Waals surface area contributed by atoms with Gasteiger partial charge in [-0.15, -0.1) is 0 Å².